The van der Waals surface area contributed by atoms with Crippen molar-refractivity contribution in [3.63, 3.8) is 0 Å². The van der Waals surface area contributed by atoms with Crippen molar-refractivity contribution in [2.45, 2.75) is 25.2 Å². The molecular weight excluding hydrogens is 442 g/mol. The second-order valence-electron chi connectivity index (χ2n) is 7.08. The van der Waals surface area contributed by atoms with Gasteiger partial charge in [0.25, 0.3) is 0 Å². The van der Waals surface area contributed by atoms with Crippen molar-refractivity contribution in [3.8, 4) is 17.2 Å². The Kier molecular flexibility index (Phi) is 7.46. The van der Waals surface area contributed by atoms with Gasteiger partial charge in [-0.3, -0.25) is 4.79 Å². The van der Waals surface area contributed by atoms with Crippen LogP contribution in [-0.2, 0) is 17.9 Å². The Labute approximate surface area is 196 Å². The van der Waals surface area contributed by atoms with Crippen molar-refractivity contribution in [1.82, 2.24) is 20.2 Å². The maximum atomic E-state index is 13.4. The minimum atomic E-state index is -0.0964. The molecule has 0 fully saturated rings. The fourth-order valence-electron chi connectivity index (χ4n) is 3.32. The Morgan fingerprint density at radius 1 is 1.24 bits per heavy atom. The largest absolute Gasteiger partial charge is 0.489 e. The lowest BCUT2D eigenvalue weighted by molar-refractivity contribution is -0.116. The van der Waals surface area contributed by atoms with Gasteiger partial charge in [-0.05, 0) is 35.5 Å². The van der Waals surface area contributed by atoms with Crippen LogP contribution in [0.5, 0.6) is 17.2 Å². The number of thioether (sulfide) groups is 1. The van der Waals surface area contributed by atoms with Crippen LogP contribution < -0.4 is 19.1 Å². The highest BCUT2D eigenvalue weighted by atomic mass is 32.2. The first-order valence-electron chi connectivity index (χ1n) is 10.6. The highest BCUT2D eigenvalue weighted by Gasteiger charge is 2.22. The van der Waals surface area contributed by atoms with Crippen molar-refractivity contribution in [1.29, 1.82) is 0 Å². The molecule has 0 saturated carbocycles. The fraction of sp³-hybridized carbons (Fsp3) is 0.304. The van der Waals surface area contributed by atoms with E-state index in [0.717, 1.165) is 5.56 Å². The predicted molar refractivity (Wildman–Crippen MR) is 125 cm³/mol. The molecule has 0 unspecified atom stereocenters. The van der Waals surface area contributed by atoms with E-state index in [0.29, 0.717) is 61.0 Å². The molecule has 2 aromatic carbocycles. The van der Waals surface area contributed by atoms with E-state index < -0.39 is 0 Å². The quantitative estimate of drug-likeness (QED) is 0.331. The van der Waals surface area contributed by atoms with Gasteiger partial charge in [0, 0.05) is 23.9 Å². The van der Waals surface area contributed by atoms with E-state index in [1.54, 1.807) is 15.7 Å². The monoisotopic (exact) mass is 467 g/mol. The highest BCUT2D eigenvalue weighted by molar-refractivity contribution is 7.99. The van der Waals surface area contributed by atoms with Gasteiger partial charge >= 0.3 is 0 Å². The van der Waals surface area contributed by atoms with Gasteiger partial charge < -0.3 is 19.1 Å². The van der Waals surface area contributed by atoms with Crippen LogP contribution in [-0.4, -0.2) is 51.7 Å². The summed E-state index contributed by atoms with van der Waals surface area (Å²) in [5.74, 6) is 2.07. The van der Waals surface area contributed by atoms with Crippen LogP contribution in [0.4, 0.5) is 5.69 Å². The van der Waals surface area contributed by atoms with Gasteiger partial charge in [0.1, 0.15) is 25.6 Å². The van der Waals surface area contributed by atoms with Crippen LogP contribution in [0.15, 0.2) is 60.3 Å². The van der Waals surface area contributed by atoms with Crippen LogP contribution in [0.1, 0.15) is 12.5 Å². The molecule has 1 aromatic heterocycles. The lowest BCUT2D eigenvalue weighted by Gasteiger charge is -2.26. The van der Waals surface area contributed by atoms with E-state index in [-0.39, 0.29) is 11.7 Å². The highest BCUT2D eigenvalue weighted by Crippen LogP contribution is 2.35. The number of para-hydroxylation sites is 1. The number of fused-ring (bicyclic) bond motifs is 1. The summed E-state index contributed by atoms with van der Waals surface area (Å²) in [5.41, 5.74) is 1.59. The molecule has 9 nitrogen and oxygen atoms in total. The SMILES string of the molecule is C=CCOc1ccccc1CN(C(=O)CSc1nnnn1CC)c1ccc2c(c1)OCCO2. The third kappa shape index (κ3) is 5.46. The van der Waals surface area contributed by atoms with Gasteiger partial charge in [-0.15, -0.1) is 5.10 Å². The van der Waals surface area contributed by atoms with Gasteiger partial charge in [-0.1, -0.05) is 42.6 Å². The van der Waals surface area contributed by atoms with Crippen LogP contribution in [0.25, 0.3) is 0 Å². The zero-order chi connectivity index (χ0) is 23.0. The molecule has 33 heavy (non-hydrogen) atoms. The molecule has 4 rings (SSSR count). The summed E-state index contributed by atoms with van der Waals surface area (Å²) in [6, 6.07) is 13.2. The first kappa shape index (κ1) is 22.7. The molecule has 172 valence electrons. The van der Waals surface area contributed by atoms with E-state index >= 15 is 0 Å². The minimum Gasteiger partial charge on any atom is -0.489 e. The smallest absolute Gasteiger partial charge is 0.237 e. The number of ether oxygens (including phenoxy) is 3. The molecule has 0 aliphatic carbocycles. The molecule has 10 heteroatoms. The first-order chi connectivity index (χ1) is 16.2. The van der Waals surface area contributed by atoms with Crippen LogP contribution in [0, 0.1) is 0 Å². The zero-order valence-electron chi connectivity index (χ0n) is 18.3. The summed E-state index contributed by atoms with van der Waals surface area (Å²) in [4.78, 5) is 15.1. The molecule has 1 aliphatic rings. The standard InChI is InChI=1S/C23H25N5O4S/c1-3-11-30-19-8-6-5-7-17(19)15-27(18-9-10-20-21(14-18)32-13-12-31-20)22(29)16-33-23-24-25-26-28(23)4-2/h3,5-10,14H,1,4,11-13,15-16H2,2H3. The Hall–Kier alpha value is -3.53. The first-order valence-corrected chi connectivity index (χ1v) is 11.6. The Balaban J connectivity index is 1.61. The maximum absolute atomic E-state index is 13.4. The zero-order valence-corrected chi connectivity index (χ0v) is 19.2. The number of aryl methyl sites for hydroxylation is 1. The topological polar surface area (TPSA) is 91.6 Å². The summed E-state index contributed by atoms with van der Waals surface area (Å²) in [5, 5.41) is 12.2. The third-order valence-corrected chi connectivity index (χ3v) is 5.86. The van der Waals surface area contributed by atoms with Crippen molar-refractivity contribution in [2.24, 2.45) is 0 Å². The predicted octanol–water partition coefficient (Wildman–Crippen LogP) is 3.35. The number of carbonyl (C=O) groups is 1. The van der Waals surface area contributed by atoms with Crippen LogP contribution in [0.2, 0.25) is 0 Å². The van der Waals surface area contributed by atoms with Crippen molar-refractivity contribution in [3.05, 3.63) is 60.7 Å². The molecule has 0 atom stereocenters. The van der Waals surface area contributed by atoms with Crippen molar-refractivity contribution in [2.75, 3.05) is 30.5 Å². The Morgan fingerprint density at radius 2 is 2.06 bits per heavy atom. The second-order valence-corrected chi connectivity index (χ2v) is 8.02. The number of amides is 1. The van der Waals surface area contributed by atoms with E-state index in [1.165, 1.54) is 11.8 Å². The van der Waals surface area contributed by atoms with E-state index in [2.05, 4.69) is 22.1 Å². The molecule has 0 saturated heterocycles. The number of carbonyl (C=O) groups excluding carboxylic acids is 1. The molecule has 3 aromatic rings. The van der Waals surface area contributed by atoms with Gasteiger partial charge in [0.2, 0.25) is 11.1 Å². The van der Waals surface area contributed by atoms with Gasteiger partial charge in [-0.2, -0.15) is 0 Å². The third-order valence-electron chi connectivity index (χ3n) is 4.92. The maximum Gasteiger partial charge on any atom is 0.237 e. The van der Waals surface area contributed by atoms with Crippen LogP contribution in [0.3, 0.4) is 0 Å². The summed E-state index contributed by atoms with van der Waals surface area (Å²) in [7, 11) is 0. The summed E-state index contributed by atoms with van der Waals surface area (Å²) < 4.78 is 18.8. The molecule has 0 spiro atoms. The molecular formula is C23H25N5O4S. The van der Waals surface area contributed by atoms with Crippen LogP contribution >= 0.6 is 11.8 Å². The van der Waals surface area contributed by atoms with E-state index in [4.69, 9.17) is 14.2 Å². The molecule has 0 N–H and O–H groups in total. The summed E-state index contributed by atoms with van der Waals surface area (Å²) in [6.07, 6.45) is 1.69. The molecule has 1 amide bonds. The number of nitrogens with zero attached hydrogens (tertiary/aromatic N) is 5. The number of tetrazole rings is 1. The Morgan fingerprint density at radius 3 is 2.88 bits per heavy atom. The normalized spacial score (nSPS) is 12.3. The van der Waals surface area contributed by atoms with E-state index in [1.807, 2.05) is 49.4 Å². The number of hydrogen-bond acceptors (Lipinski definition) is 8. The van der Waals surface area contributed by atoms with Crippen molar-refractivity contribution < 1.29 is 19.0 Å². The van der Waals surface area contributed by atoms with Gasteiger partial charge in [0.15, 0.2) is 11.5 Å². The number of anilines is 1. The number of hydrogen-bond donors (Lipinski definition) is 0. The number of benzene rings is 2. The van der Waals surface area contributed by atoms with Crippen molar-refractivity contribution >= 4 is 23.4 Å². The lowest BCUT2D eigenvalue weighted by atomic mass is 10.1. The Bertz CT molecular complexity index is 1120. The van der Waals surface area contributed by atoms with E-state index in [9.17, 15) is 4.79 Å². The molecule has 1 aliphatic heterocycles. The van der Waals surface area contributed by atoms with Gasteiger partial charge in [0.05, 0.1) is 12.3 Å². The molecule has 0 radical (unpaired) electrons. The fourth-order valence-corrected chi connectivity index (χ4v) is 4.14. The number of aromatic nitrogens is 4. The lowest BCUT2D eigenvalue weighted by Crippen LogP contribution is -2.32. The number of rotatable bonds is 10. The summed E-state index contributed by atoms with van der Waals surface area (Å²) >= 11 is 1.30. The second kappa shape index (κ2) is 10.9. The average Bonchev–Trinajstić information content (AvgIpc) is 3.32. The molecule has 0 bridgehead atoms. The molecule has 2 heterocycles. The van der Waals surface area contributed by atoms with Gasteiger partial charge in [-0.25, -0.2) is 4.68 Å². The minimum absolute atomic E-state index is 0.0964. The average molecular weight is 468 g/mol. The summed E-state index contributed by atoms with van der Waals surface area (Å²) in [6.45, 7) is 7.97.